The van der Waals surface area contributed by atoms with Gasteiger partial charge in [0.1, 0.15) is 11.9 Å². The minimum atomic E-state index is -0.443. The van der Waals surface area contributed by atoms with E-state index in [0.717, 1.165) is 43.9 Å². The number of benzene rings is 2. The van der Waals surface area contributed by atoms with Crippen LogP contribution in [-0.4, -0.2) is 48.8 Å². The summed E-state index contributed by atoms with van der Waals surface area (Å²) in [6, 6.07) is 14.7. The van der Waals surface area contributed by atoms with Crippen molar-refractivity contribution in [2.45, 2.75) is 32.5 Å². The lowest BCUT2D eigenvalue weighted by Crippen LogP contribution is -2.47. The highest BCUT2D eigenvalue weighted by Crippen LogP contribution is 2.31. The van der Waals surface area contributed by atoms with Crippen molar-refractivity contribution in [3.8, 4) is 5.75 Å². The second-order valence-electron chi connectivity index (χ2n) is 7.59. The summed E-state index contributed by atoms with van der Waals surface area (Å²) >= 11 is 0. The molecule has 0 aliphatic carbocycles. The van der Waals surface area contributed by atoms with E-state index in [1.807, 2.05) is 12.1 Å². The Hall–Kier alpha value is -2.04. The lowest BCUT2D eigenvalue weighted by Gasteiger charge is -2.37. The fourth-order valence-electron chi connectivity index (χ4n) is 4.09. The van der Waals surface area contributed by atoms with E-state index in [-0.39, 0.29) is 6.10 Å². The van der Waals surface area contributed by atoms with Crippen LogP contribution in [0.4, 0.5) is 5.69 Å². The molecule has 1 fully saturated rings. The number of nitrogens with zero attached hydrogens (tertiary/aromatic N) is 2. The number of fused-ring (bicyclic) bond motifs is 1. The third-order valence-electron chi connectivity index (χ3n) is 5.56. The summed E-state index contributed by atoms with van der Waals surface area (Å²) in [5, 5.41) is 10.7. The molecule has 0 aromatic heterocycles. The van der Waals surface area contributed by atoms with Crippen LogP contribution in [0, 0.1) is 6.92 Å². The Bertz CT molecular complexity index is 768. The fraction of sp³-hybridized carbons (Fsp3) is 0.455. The van der Waals surface area contributed by atoms with Crippen LogP contribution >= 0.6 is 0 Å². The Morgan fingerprint density at radius 1 is 1.12 bits per heavy atom. The molecule has 0 amide bonds. The molecule has 2 aromatic rings. The standard InChI is InChI=1S/C22H28N2O2/c1-16-5-3-4-6-20(16)24-11-9-23(10-12-24)15-21(25)18-7-8-22-19(14-18)13-17(2)26-22/h3-8,14,17,21,25H,9-13,15H2,1-2H3/t17-,21-/m0/s1. The first-order valence-electron chi connectivity index (χ1n) is 9.60. The number of anilines is 1. The van der Waals surface area contributed by atoms with Gasteiger partial charge in [-0.2, -0.15) is 0 Å². The average molecular weight is 352 g/mol. The highest BCUT2D eigenvalue weighted by atomic mass is 16.5. The van der Waals surface area contributed by atoms with Gasteiger partial charge in [0.25, 0.3) is 0 Å². The minimum Gasteiger partial charge on any atom is -0.490 e. The average Bonchev–Trinajstić information content (AvgIpc) is 3.02. The van der Waals surface area contributed by atoms with Crippen molar-refractivity contribution in [3.05, 3.63) is 59.2 Å². The number of ether oxygens (including phenoxy) is 1. The second kappa shape index (κ2) is 7.29. The van der Waals surface area contributed by atoms with Crippen molar-refractivity contribution < 1.29 is 9.84 Å². The Morgan fingerprint density at radius 3 is 2.65 bits per heavy atom. The molecule has 4 heteroatoms. The Morgan fingerprint density at radius 2 is 1.88 bits per heavy atom. The van der Waals surface area contributed by atoms with Gasteiger partial charge in [-0.1, -0.05) is 24.3 Å². The van der Waals surface area contributed by atoms with Crippen LogP contribution in [0.25, 0.3) is 0 Å². The SMILES string of the molecule is Cc1ccccc1N1CCN(C[C@H](O)c2ccc3c(c2)C[C@H](C)O3)CC1. The first-order chi connectivity index (χ1) is 12.6. The number of hydrogen-bond donors (Lipinski definition) is 1. The van der Waals surface area contributed by atoms with Crippen molar-refractivity contribution in [1.29, 1.82) is 0 Å². The van der Waals surface area contributed by atoms with E-state index < -0.39 is 6.10 Å². The minimum absolute atomic E-state index is 0.243. The van der Waals surface area contributed by atoms with Crippen molar-refractivity contribution in [2.24, 2.45) is 0 Å². The molecule has 0 spiro atoms. The number of hydrogen-bond acceptors (Lipinski definition) is 4. The largest absolute Gasteiger partial charge is 0.490 e. The summed E-state index contributed by atoms with van der Waals surface area (Å²) in [6.07, 6.45) is 0.735. The molecule has 2 aromatic carbocycles. The molecule has 138 valence electrons. The van der Waals surface area contributed by atoms with Gasteiger partial charge < -0.3 is 14.7 Å². The summed E-state index contributed by atoms with van der Waals surface area (Å²) in [5.74, 6) is 0.972. The summed E-state index contributed by atoms with van der Waals surface area (Å²) in [4.78, 5) is 4.82. The molecule has 26 heavy (non-hydrogen) atoms. The smallest absolute Gasteiger partial charge is 0.123 e. The topological polar surface area (TPSA) is 35.9 Å². The normalized spacial score (nSPS) is 21.3. The highest BCUT2D eigenvalue weighted by molar-refractivity contribution is 5.53. The molecule has 0 bridgehead atoms. The van der Waals surface area contributed by atoms with Crippen molar-refractivity contribution in [3.63, 3.8) is 0 Å². The van der Waals surface area contributed by atoms with Crippen LogP contribution in [0.3, 0.4) is 0 Å². The van der Waals surface area contributed by atoms with Crippen LogP contribution in [0.2, 0.25) is 0 Å². The zero-order chi connectivity index (χ0) is 18.1. The van der Waals surface area contributed by atoms with E-state index in [1.54, 1.807) is 0 Å². The van der Waals surface area contributed by atoms with Crippen LogP contribution in [0.15, 0.2) is 42.5 Å². The zero-order valence-electron chi connectivity index (χ0n) is 15.7. The number of para-hydroxylation sites is 1. The van der Waals surface area contributed by atoms with Crippen LogP contribution in [0.1, 0.15) is 29.7 Å². The number of β-amino-alcohol motifs (C(OH)–C–C–N with tert-alkyl or cyclic N) is 1. The molecule has 2 aliphatic heterocycles. The molecule has 0 unspecified atom stereocenters. The molecule has 4 rings (SSSR count). The van der Waals surface area contributed by atoms with Gasteiger partial charge in [0.05, 0.1) is 6.10 Å². The van der Waals surface area contributed by atoms with Gasteiger partial charge in [0.2, 0.25) is 0 Å². The predicted molar refractivity (Wildman–Crippen MR) is 105 cm³/mol. The van der Waals surface area contributed by atoms with E-state index >= 15 is 0 Å². The fourth-order valence-corrected chi connectivity index (χ4v) is 4.09. The number of aliphatic hydroxyl groups excluding tert-OH is 1. The van der Waals surface area contributed by atoms with Gasteiger partial charge in [-0.25, -0.2) is 0 Å². The maximum atomic E-state index is 10.7. The van der Waals surface area contributed by atoms with Gasteiger partial charge in [0.15, 0.2) is 0 Å². The van der Waals surface area contributed by atoms with Crippen LogP contribution < -0.4 is 9.64 Å². The first kappa shape index (κ1) is 17.4. The van der Waals surface area contributed by atoms with E-state index in [4.69, 9.17) is 4.74 Å². The number of aryl methyl sites for hydroxylation is 1. The maximum absolute atomic E-state index is 10.7. The van der Waals surface area contributed by atoms with Crippen molar-refractivity contribution in [1.82, 2.24) is 4.90 Å². The third kappa shape index (κ3) is 3.57. The number of piperazine rings is 1. The quantitative estimate of drug-likeness (QED) is 0.917. The lowest BCUT2D eigenvalue weighted by atomic mass is 10.0. The molecule has 1 saturated heterocycles. The van der Waals surface area contributed by atoms with E-state index in [9.17, 15) is 5.11 Å². The summed E-state index contributed by atoms with van der Waals surface area (Å²) in [6.45, 7) is 8.93. The molecule has 1 N–H and O–H groups in total. The summed E-state index contributed by atoms with van der Waals surface area (Å²) in [5.41, 5.74) is 4.89. The number of rotatable bonds is 4. The van der Waals surface area contributed by atoms with E-state index in [0.29, 0.717) is 6.54 Å². The van der Waals surface area contributed by atoms with Crippen LogP contribution in [-0.2, 0) is 6.42 Å². The third-order valence-corrected chi connectivity index (χ3v) is 5.56. The second-order valence-corrected chi connectivity index (χ2v) is 7.59. The van der Waals surface area contributed by atoms with Gasteiger partial charge in [-0.15, -0.1) is 0 Å². The van der Waals surface area contributed by atoms with Gasteiger partial charge in [-0.05, 0) is 48.7 Å². The van der Waals surface area contributed by atoms with Gasteiger partial charge in [-0.3, -0.25) is 4.90 Å². The monoisotopic (exact) mass is 352 g/mol. The molecule has 2 heterocycles. The van der Waals surface area contributed by atoms with E-state index in [1.165, 1.54) is 16.8 Å². The zero-order valence-corrected chi connectivity index (χ0v) is 15.7. The predicted octanol–water partition coefficient (Wildman–Crippen LogP) is 3.17. The van der Waals surface area contributed by atoms with Gasteiger partial charge in [0, 0.05) is 44.8 Å². The van der Waals surface area contributed by atoms with Gasteiger partial charge >= 0.3 is 0 Å². The Kier molecular flexibility index (Phi) is 4.88. The highest BCUT2D eigenvalue weighted by Gasteiger charge is 2.23. The van der Waals surface area contributed by atoms with E-state index in [2.05, 4.69) is 54.0 Å². The van der Waals surface area contributed by atoms with Crippen molar-refractivity contribution >= 4 is 5.69 Å². The van der Waals surface area contributed by atoms with Crippen molar-refractivity contribution in [2.75, 3.05) is 37.6 Å². The molecule has 0 saturated carbocycles. The molecule has 2 atom stereocenters. The molecular formula is C22H28N2O2. The Labute approximate surface area is 156 Å². The Balaban J connectivity index is 1.34. The first-order valence-corrected chi connectivity index (χ1v) is 9.60. The number of aliphatic hydroxyl groups is 1. The summed E-state index contributed by atoms with van der Waals surface area (Å²) < 4.78 is 5.76. The van der Waals surface area contributed by atoms with Crippen LogP contribution in [0.5, 0.6) is 5.75 Å². The molecule has 4 nitrogen and oxygen atoms in total. The molecular weight excluding hydrogens is 324 g/mol. The summed E-state index contributed by atoms with van der Waals surface area (Å²) in [7, 11) is 0. The maximum Gasteiger partial charge on any atom is 0.123 e. The molecule has 2 aliphatic rings. The molecule has 0 radical (unpaired) electrons. The lowest BCUT2D eigenvalue weighted by molar-refractivity contribution is 0.109.